The third-order valence-electron chi connectivity index (χ3n) is 3.15. The van der Waals surface area contributed by atoms with Crippen molar-refractivity contribution in [2.24, 2.45) is 11.8 Å². The first-order valence-corrected chi connectivity index (χ1v) is 8.02. The average Bonchev–Trinajstić information content (AvgIpc) is 2.72. The molecule has 1 rings (SSSR count). The number of hydrogen-bond acceptors (Lipinski definition) is 3. The molecule has 0 fully saturated rings. The van der Waals surface area contributed by atoms with E-state index in [9.17, 15) is 0 Å². The smallest absolute Gasteiger partial charge is 0.0701 e. The summed E-state index contributed by atoms with van der Waals surface area (Å²) in [6.07, 6.45) is 6.02. The third kappa shape index (κ3) is 5.08. The molecule has 1 aromatic heterocycles. The fraction of sp³-hybridized carbons (Fsp3) is 0.692. The zero-order valence-corrected chi connectivity index (χ0v) is 13.1. The van der Waals surface area contributed by atoms with Crippen molar-refractivity contribution in [2.75, 3.05) is 0 Å². The molecule has 17 heavy (non-hydrogen) atoms. The van der Waals surface area contributed by atoms with E-state index in [1.54, 1.807) is 11.3 Å². The Morgan fingerprint density at radius 3 is 2.35 bits per heavy atom. The van der Waals surface area contributed by atoms with Crippen LogP contribution in [0.4, 0.5) is 0 Å². The molecule has 3 N–H and O–H groups in total. The van der Waals surface area contributed by atoms with Gasteiger partial charge in [-0.2, -0.15) is 0 Å². The van der Waals surface area contributed by atoms with Crippen LogP contribution in [0.3, 0.4) is 0 Å². The Morgan fingerprint density at radius 2 is 1.94 bits per heavy atom. The van der Waals surface area contributed by atoms with E-state index in [1.807, 2.05) is 0 Å². The summed E-state index contributed by atoms with van der Waals surface area (Å²) in [4.78, 5) is 1.40. The Kier molecular flexibility index (Phi) is 7.35. The van der Waals surface area contributed by atoms with Crippen LogP contribution in [0.25, 0.3) is 0 Å². The molecule has 0 aliphatic heterocycles. The number of hydrazine groups is 1. The van der Waals surface area contributed by atoms with Crippen molar-refractivity contribution in [3.05, 3.63) is 20.8 Å². The lowest BCUT2D eigenvalue weighted by molar-refractivity contribution is 0.312. The lowest BCUT2D eigenvalue weighted by Gasteiger charge is -2.25. The van der Waals surface area contributed by atoms with Crippen molar-refractivity contribution in [2.45, 2.75) is 52.0 Å². The lowest BCUT2D eigenvalue weighted by Crippen LogP contribution is -2.42. The second kappa shape index (κ2) is 8.25. The van der Waals surface area contributed by atoms with Gasteiger partial charge >= 0.3 is 0 Å². The molecule has 0 saturated carbocycles. The highest BCUT2D eigenvalue weighted by Gasteiger charge is 2.19. The highest BCUT2D eigenvalue weighted by molar-refractivity contribution is 9.11. The summed E-state index contributed by atoms with van der Waals surface area (Å²) < 4.78 is 1.20. The van der Waals surface area contributed by atoms with Crippen LogP contribution < -0.4 is 11.3 Å². The van der Waals surface area contributed by atoms with Crippen LogP contribution in [0.5, 0.6) is 0 Å². The summed E-state index contributed by atoms with van der Waals surface area (Å²) in [6.45, 7) is 4.50. The minimum absolute atomic E-state index is 0.403. The number of rotatable bonds is 8. The van der Waals surface area contributed by atoms with Gasteiger partial charge in [-0.05, 0) is 53.2 Å². The molecular formula is C13H23BrN2S. The Balaban J connectivity index is 2.61. The first-order chi connectivity index (χ1) is 8.21. The standard InChI is InChI=1S/C13H23BrN2S/c1-3-5-10(6-4-2)12(16-15)9-11-7-8-13(14)17-11/h7-8,10,12,16H,3-6,9,15H2,1-2H3. The summed E-state index contributed by atoms with van der Waals surface area (Å²) in [5.41, 5.74) is 3.02. The number of nitrogens with one attached hydrogen (secondary N) is 1. The molecule has 1 aromatic rings. The minimum Gasteiger partial charge on any atom is -0.271 e. The summed E-state index contributed by atoms with van der Waals surface area (Å²) in [5, 5.41) is 0. The Labute approximate surface area is 117 Å². The Morgan fingerprint density at radius 1 is 1.29 bits per heavy atom. The van der Waals surface area contributed by atoms with E-state index in [0.29, 0.717) is 12.0 Å². The summed E-state index contributed by atoms with van der Waals surface area (Å²) in [7, 11) is 0. The van der Waals surface area contributed by atoms with Gasteiger partial charge in [0.1, 0.15) is 0 Å². The van der Waals surface area contributed by atoms with Gasteiger partial charge in [0, 0.05) is 10.9 Å². The predicted octanol–water partition coefficient (Wildman–Crippen LogP) is 4.10. The SMILES string of the molecule is CCCC(CCC)C(Cc1ccc(Br)s1)NN. The molecule has 0 aliphatic carbocycles. The van der Waals surface area contributed by atoms with Crippen molar-refractivity contribution >= 4 is 27.3 Å². The zero-order chi connectivity index (χ0) is 12.7. The van der Waals surface area contributed by atoms with E-state index < -0.39 is 0 Å². The third-order valence-corrected chi connectivity index (χ3v) is 4.80. The maximum Gasteiger partial charge on any atom is 0.0701 e. The number of halogens is 1. The largest absolute Gasteiger partial charge is 0.271 e. The number of nitrogens with two attached hydrogens (primary N) is 1. The molecule has 0 radical (unpaired) electrons. The number of thiophene rings is 1. The normalized spacial score (nSPS) is 13.2. The second-order valence-electron chi connectivity index (χ2n) is 4.52. The van der Waals surface area contributed by atoms with E-state index in [4.69, 9.17) is 5.84 Å². The summed E-state index contributed by atoms with van der Waals surface area (Å²) >= 11 is 5.32. The van der Waals surface area contributed by atoms with Crippen LogP contribution in [-0.4, -0.2) is 6.04 Å². The van der Waals surface area contributed by atoms with E-state index in [0.717, 1.165) is 6.42 Å². The first kappa shape index (κ1) is 15.2. The number of hydrogen-bond donors (Lipinski definition) is 2. The van der Waals surface area contributed by atoms with Crippen molar-refractivity contribution in [1.82, 2.24) is 5.43 Å². The van der Waals surface area contributed by atoms with Crippen LogP contribution in [0.2, 0.25) is 0 Å². The summed E-state index contributed by atoms with van der Waals surface area (Å²) in [6, 6.07) is 4.71. The van der Waals surface area contributed by atoms with Crippen LogP contribution in [-0.2, 0) is 6.42 Å². The van der Waals surface area contributed by atoms with Gasteiger partial charge in [-0.1, -0.05) is 26.7 Å². The average molecular weight is 319 g/mol. The quantitative estimate of drug-likeness (QED) is 0.559. The molecule has 0 saturated heterocycles. The van der Waals surface area contributed by atoms with Gasteiger partial charge in [-0.15, -0.1) is 11.3 Å². The van der Waals surface area contributed by atoms with Gasteiger partial charge in [-0.25, -0.2) is 0 Å². The van der Waals surface area contributed by atoms with Crippen molar-refractivity contribution < 1.29 is 0 Å². The maximum absolute atomic E-state index is 5.73. The van der Waals surface area contributed by atoms with Crippen LogP contribution in [0, 0.1) is 5.92 Å². The molecule has 0 bridgehead atoms. The predicted molar refractivity (Wildman–Crippen MR) is 80.1 cm³/mol. The molecule has 2 nitrogen and oxygen atoms in total. The lowest BCUT2D eigenvalue weighted by atomic mass is 9.88. The minimum atomic E-state index is 0.403. The van der Waals surface area contributed by atoms with E-state index in [1.165, 1.54) is 34.3 Å². The zero-order valence-electron chi connectivity index (χ0n) is 10.7. The molecule has 1 heterocycles. The van der Waals surface area contributed by atoms with Crippen LogP contribution in [0.1, 0.15) is 44.4 Å². The van der Waals surface area contributed by atoms with E-state index >= 15 is 0 Å². The molecule has 1 unspecified atom stereocenters. The van der Waals surface area contributed by atoms with Gasteiger partial charge < -0.3 is 0 Å². The Bertz CT molecular complexity index is 308. The fourth-order valence-electron chi connectivity index (χ4n) is 2.33. The highest BCUT2D eigenvalue weighted by Crippen LogP contribution is 2.26. The van der Waals surface area contributed by atoms with E-state index in [2.05, 4.69) is 47.3 Å². The van der Waals surface area contributed by atoms with Gasteiger partial charge in [0.25, 0.3) is 0 Å². The second-order valence-corrected chi connectivity index (χ2v) is 7.07. The monoisotopic (exact) mass is 318 g/mol. The Hall–Kier alpha value is 0.1000. The summed E-state index contributed by atoms with van der Waals surface area (Å²) in [5.74, 6) is 6.42. The molecule has 4 heteroatoms. The van der Waals surface area contributed by atoms with E-state index in [-0.39, 0.29) is 0 Å². The molecular weight excluding hydrogens is 296 g/mol. The van der Waals surface area contributed by atoms with Gasteiger partial charge in [0.2, 0.25) is 0 Å². The molecule has 98 valence electrons. The van der Waals surface area contributed by atoms with Crippen LogP contribution >= 0.6 is 27.3 Å². The maximum atomic E-state index is 5.73. The fourth-order valence-corrected chi connectivity index (χ4v) is 3.87. The van der Waals surface area contributed by atoms with Gasteiger partial charge in [0.15, 0.2) is 0 Å². The highest BCUT2D eigenvalue weighted by atomic mass is 79.9. The van der Waals surface area contributed by atoms with Crippen molar-refractivity contribution in [1.29, 1.82) is 0 Å². The van der Waals surface area contributed by atoms with Crippen molar-refractivity contribution in [3.63, 3.8) is 0 Å². The first-order valence-electron chi connectivity index (χ1n) is 6.41. The molecule has 0 spiro atoms. The molecule has 0 amide bonds. The van der Waals surface area contributed by atoms with Crippen molar-refractivity contribution in [3.8, 4) is 0 Å². The molecule has 0 aromatic carbocycles. The van der Waals surface area contributed by atoms with Gasteiger partial charge in [-0.3, -0.25) is 11.3 Å². The molecule has 1 atom stereocenters. The molecule has 0 aliphatic rings. The van der Waals surface area contributed by atoms with Crippen LogP contribution in [0.15, 0.2) is 15.9 Å². The van der Waals surface area contributed by atoms with Gasteiger partial charge in [0.05, 0.1) is 3.79 Å². The topological polar surface area (TPSA) is 38.0 Å².